The summed E-state index contributed by atoms with van der Waals surface area (Å²) in [6.45, 7) is 4.43. The standard InChI is InChI=1S/C54H40N2/c1-37-23-25-43(39-15-7-3-8-16-39)35-51(37)55(45-19-11-5-12-20-45)49-33-29-41-27-28-42-30-34-50(48-32-31-47(49)53(41)54(42)48)56(46-21-13-6-14-22-46)52-36-44(26-24-38(52)2)40-17-9-4-10-18-40/h3-36H,1-2H3. The molecule has 10 aromatic carbocycles. The van der Waals surface area contributed by atoms with Gasteiger partial charge in [0.1, 0.15) is 0 Å². The molecule has 266 valence electrons. The average molecular weight is 717 g/mol. The Morgan fingerprint density at radius 1 is 0.286 bits per heavy atom. The maximum Gasteiger partial charge on any atom is 0.0540 e. The highest BCUT2D eigenvalue weighted by Gasteiger charge is 2.23. The van der Waals surface area contributed by atoms with Crippen LogP contribution in [0, 0.1) is 13.8 Å². The van der Waals surface area contributed by atoms with Crippen molar-refractivity contribution in [1.82, 2.24) is 0 Å². The van der Waals surface area contributed by atoms with Crippen LogP contribution in [-0.4, -0.2) is 0 Å². The zero-order valence-corrected chi connectivity index (χ0v) is 31.5. The summed E-state index contributed by atoms with van der Waals surface area (Å²) in [5.74, 6) is 0. The van der Waals surface area contributed by atoms with E-state index in [1.54, 1.807) is 0 Å². The number of hydrogen-bond donors (Lipinski definition) is 0. The average Bonchev–Trinajstić information content (AvgIpc) is 3.26. The van der Waals surface area contributed by atoms with Gasteiger partial charge in [0.2, 0.25) is 0 Å². The summed E-state index contributed by atoms with van der Waals surface area (Å²) in [5, 5.41) is 7.46. The van der Waals surface area contributed by atoms with Crippen LogP contribution in [0.5, 0.6) is 0 Å². The third-order valence-corrected chi connectivity index (χ3v) is 11.2. The second-order valence-corrected chi connectivity index (χ2v) is 14.7. The van der Waals surface area contributed by atoms with Crippen molar-refractivity contribution in [3.05, 3.63) is 217 Å². The van der Waals surface area contributed by atoms with Crippen molar-refractivity contribution in [2.24, 2.45) is 0 Å². The van der Waals surface area contributed by atoms with Gasteiger partial charge in [0.05, 0.1) is 11.4 Å². The Morgan fingerprint density at radius 2 is 0.643 bits per heavy atom. The van der Waals surface area contributed by atoms with E-state index in [2.05, 4.69) is 230 Å². The minimum Gasteiger partial charge on any atom is -0.310 e. The zero-order valence-electron chi connectivity index (χ0n) is 31.5. The minimum absolute atomic E-state index is 1.13. The number of aryl methyl sites for hydroxylation is 2. The van der Waals surface area contributed by atoms with E-state index in [1.807, 2.05) is 0 Å². The van der Waals surface area contributed by atoms with Crippen molar-refractivity contribution < 1.29 is 0 Å². The fraction of sp³-hybridized carbons (Fsp3) is 0.0370. The van der Waals surface area contributed by atoms with Crippen molar-refractivity contribution in [1.29, 1.82) is 0 Å². The van der Waals surface area contributed by atoms with E-state index >= 15 is 0 Å². The molecule has 2 nitrogen and oxygen atoms in total. The van der Waals surface area contributed by atoms with E-state index in [1.165, 1.54) is 65.7 Å². The quantitative estimate of drug-likeness (QED) is 0.144. The van der Waals surface area contributed by atoms with E-state index in [-0.39, 0.29) is 0 Å². The fourth-order valence-corrected chi connectivity index (χ4v) is 8.45. The van der Waals surface area contributed by atoms with Crippen molar-refractivity contribution in [2.45, 2.75) is 13.8 Å². The fourth-order valence-electron chi connectivity index (χ4n) is 8.45. The Labute approximate surface area is 328 Å². The summed E-state index contributed by atoms with van der Waals surface area (Å²) in [6, 6.07) is 75.1. The van der Waals surface area contributed by atoms with Crippen LogP contribution in [-0.2, 0) is 0 Å². The molecule has 0 amide bonds. The normalized spacial score (nSPS) is 11.4. The van der Waals surface area contributed by atoms with Crippen LogP contribution in [0.25, 0.3) is 54.6 Å². The van der Waals surface area contributed by atoms with E-state index in [0.29, 0.717) is 0 Å². The Balaban J connectivity index is 1.22. The molecule has 10 aromatic rings. The molecule has 0 aliphatic heterocycles. The molecular formula is C54H40N2. The number of rotatable bonds is 8. The van der Waals surface area contributed by atoms with Crippen molar-refractivity contribution in [3.63, 3.8) is 0 Å². The zero-order chi connectivity index (χ0) is 37.6. The Hall–Kier alpha value is -7.16. The van der Waals surface area contributed by atoms with Crippen molar-refractivity contribution in [3.8, 4) is 22.3 Å². The molecule has 0 aromatic heterocycles. The molecule has 0 spiro atoms. The molecule has 0 aliphatic carbocycles. The second kappa shape index (κ2) is 13.9. The highest BCUT2D eigenvalue weighted by molar-refractivity contribution is 6.28. The van der Waals surface area contributed by atoms with E-state index in [0.717, 1.165) is 34.1 Å². The Morgan fingerprint density at radius 3 is 1.04 bits per heavy atom. The maximum atomic E-state index is 2.45. The van der Waals surface area contributed by atoms with Crippen LogP contribution < -0.4 is 9.80 Å². The van der Waals surface area contributed by atoms with Crippen LogP contribution in [0.3, 0.4) is 0 Å². The maximum absolute atomic E-state index is 2.45. The lowest BCUT2D eigenvalue weighted by Gasteiger charge is -2.31. The van der Waals surface area contributed by atoms with Crippen LogP contribution in [0.15, 0.2) is 206 Å². The number of hydrogen-bond acceptors (Lipinski definition) is 2. The Bertz CT molecular complexity index is 2770. The summed E-state index contributed by atoms with van der Waals surface area (Å²) >= 11 is 0. The van der Waals surface area contributed by atoms with E-state index in [4.69, 9.17) is 0 Å². The molecule has 0 fully saturated rings. The van der Waals surface area contributed by atoms with Crippen LogP contribution in [0.1, 0.15) is 11.1 Å². The number of anilines is 6. The third kappa shape index (κ3) is 5.75. The van der Waals surface area contributed by atoms with Gasteiger partial charge in [-0.2, -0.15) is 0 Å². The topological polar surface area (TPSA) is 6.48 Å². The molecular weight excluding hydrogens is 677 g/mol. The lowest BCUT2D eigenvalue weighted by Crippen LogP contribution is -2.13. The molecule has 56 heavy (non-hydrogen) atoms. The number of para-hydroxylation sites is 2. The van der Waals surface area contributed by atoms with Gasteiger partial charge in [-0.05, 0) is 117 Å². The molecule has 0 saturated heterocycles. The first-order chi connectivity index (χ1) is 27.6. The van der Waals surface area contributed by atoms with Gasteiger partial charge >= 0.3 is 0 Å². The summed E-state index contributed by atoms with van der Waals surface area (Å²) in [4.78, 5) is 4.90. The number of nitrogens with zero attached hydrogens (tertiary/aromatic N) is 2. The highest BCUT2D eigenvalue weighted by atomic mass is 15.2. The van der Waals surface area contributed by atoms with Gasteiger partial charge in [0.25, 0.3) is 0 Å². The highest BCUT2D eigenvalue weighted by Crippen LogP contribution is 2.49. The molecule has 2 heteroatoms. The van der Waals surface area contributed by atoms with Gasteiger partial charge in [-0.25, -0.2) is 0 Å². The molecule has 0 bridgehead atoms. The molecule has 0 N–H and O–H groups in total. The van der Waals surface area contributed by atoms with E-state index < -0.39 is 0 Å². The molecule has 0 atom stereocenters. The lowest BCUT2D eigenvalue weighted by atomic mass is 9.91. The monoisotopic (exact) mass is 716 g/mol. The van der Waals surface area contributed by atoms with Crippen LogP contribution in [0.2, 0.25) is 0 Å². The van der Waals surface area contributed by atoms with Crippen molar-refractivity contribution in [2.75, 3.05) is 9.80 Å². The predicted octanol–water partition coefficient (Wildman–Crippen LogP) is 15.5. The second-order valence-electron chi connectivity index (χ2n) is 14.7. The summed E-state index contributed by atoms with van der Waals surface area (Å²) in [6.07, 6.45) is 0. The first-order valence-electron chi connectivity index (χ1n) is 19.4. The summed E-state index contributed by atoms with van der Waals surface area (Å²) < 4.78 is 0. The van der Waals surface area contributed by atoms with Gasteiger partial charge in [0, 0.05) is 33.5 Å². The summed E-state index contributed by atoms with van der Waals surface area (Å²) in [7, 11) is 0. The first kappa shape index (κ1) is 33.4. The molecule has 0 heterocycles. The van der Waals surface area contributed by atoms with Gasteiger partial charge in [-0.3, -0.25) is 0 Å². The largest absolute Gasteiger partial charge is 0.310 e. The van der Waals surface area contributed by atoms with Gasteiger partial charge in [-0.1, -0.05) is 158 Å². The lowest BCUT2D eigenvalue weighted by molar-refractivity contribution is 1.26. The minimum atomic E-state index is 1.13. The molecule has 0 saturated carbocycles. The SMILES string of the molecule is Cc1ccc(-c2ccccc2)cc1N(c1ccccc1)c1ccc2ccc3ccc(N(c4ccccc4)c4cc(-c5ccccc5)ccc4C)c4ccc1c2c34. The van der Waals surface area contributed by atoms with Crippen LogP contribution >= 0.6 is 0 Å². The van der Waals surface area contributed by atoms with Crippen LogP contribution in [0.4, 0.5) is 34.1 Å². The molecule has 0 unspecified atom stereocenters. The predicted molar refractivity (Wildman–Crippen MR) is 240 cm³/mol. The molecule has 0 radical (unpaired) electrons. The smallest absolute Gasteiger partial charge is 0.0540 e. The molecule has 10 rings (SSSR count). The van der Waals surface area contributed by atoms with Gasteiger partial charge < -0.3 is 9.80 Å². The Kier molecular flexibility index (Phi) is 8.30. The third-order valence-electron chi connectivity index (χ3n) is 11.2. The van der Waals surface area contributed by atoms with Gasteiger partial charge in [0.15, 0.2) is 0 Å². The first-order valence-corrected chi connectivity index (χ1v) is 19.4. The number of benzene rings is 10. The summed E-state index contributed by atoms with van der Waals surface area (Å²) in [5.41, 5.74) is 14.1. The van der Waals surface area contributed by atoms with Gasteiger partial charge in [-0.15, -0.1) is 0 Å². The molecule has 0 aliphatic rings. The van der Waals surface area contributed by atoms with Crippen molar-refractivity contribution >= 4 is 66.4 Å². The van der Waals surface area contributed by atoms with E-state index in [9.17, 15) is 0 Å².